The molecular formula is C8H7O2Si. The number of aryl methyl sites for hydroxylation is 1. The second kappa shape index (κ2) is 2.88. The van der Waals surface area contributed by atoms with E-state index in [4.69, 9.17) is 5.11 Å². The van der Waals surface area contributed by atoms with E-state index in [0.29, 0.717) is 10.8 Å². The van der Waals surface area contributed by atoms with Crippen LogP contribution >= 0.6 is 0 Å². The second-order valence-corrected chi connectivity index (χ2v) is 2.89. The maximum Gasteiger partial charge on any atom is 0.335 e. The molecule has 0 fully saturated rings. The van der Waals surface area contributed by atoms with Gasteiger partial charge in [-0.05, 0) is 13.0 Å². The van der Waals surface area contributed by atoms with Gasteiger partial charge in [-0.15, -0.1) is 0 Å². The van der Waals surface area contributed by atoms with Gasteiger partial charge in [-0.2, -0.15) is 0 Å². The van der Waals surface area contributed by atoms with Crippen LogP contribution in [0.15, 0.2) is 18.2 Å². The van der Waals surface area contributed by atoms with Crippen LogP contribution in [0.25, 0.3) is 0 Å². The molecule has 0 unspecified atom stereocenters. The Balaban J connectivity index is 3.20. The molecule has 0 aliphatic carbocycles. The molecule has 1 N–H and O–H groups in total. The van der Waals surface area contributed by atoms with E-state index < -0.39 is 5.97 Å². The van der Waals surface area contributed by atoms with E-state index in [1.807, 2.05) is 6.92 Å². The topological polar surface area (TPSA) is 37.3 Å². The van der Waals surface area contributed by atoms with Crippen LogP contribution in [0.1, 0.15) is 15.9 Å². The average Bonchev–Trinajstić information content (AvgIpc) is 1.85. The van der Waals surface area contributed by atoms with Gasteiger partial charge in [0.05, 0.1) is 15.8 Å². The number of aromatic carboxylic acids is 1. The molecule has 11 heavy (non-hydrogen) atoms. The lowest BCUT2D eigenvalue weighted by atomic mass is 10.1. The summed E-state index contributed by atoms with van der Waals surface area (Å²) < 4.78 is 0. The number of carboxylic acids is 1. The number of carbonyl (C=O) groups is 1. The van der Waals surface area contributed by atoms with Crippen LogP contribution in [0, 0.1) is 6.92 Å². The van der Waals surface area contributed by atoms with E-state index in [-0.39, 0.29) is 0 Å². The fraction of sp³-hybridized carbons (Fsp3) is 0.125. The van der Waals surface area contributed by atoms with E-state index in [2.05, 4.69) is 10.2 Å². The van der Waals surface area contributed by atoms with Crippen molar-refractivity contribution in [1.82, 2.24) is 0 Å². The summed E-state index contributed by atoms with van der Waals surface area (Å²) in [5, 5.41) is 9.25. The standard InChI is InChI=1S/C8H7O2Si/c1-5-2-3-6(8(9)10)7(11)4-5/h2-4H,1H3,(H,9,10). The first kappa shape index (κ1) is 8.01. The van der Waals surface area contributed by atoms with E-state index in [1.165, 1.54) is 0 Å². The first-order valence-corrected chi connectivity index (χ1v) is 3.67. The van der Waals surface area contributed by atoms with E-state index in [9.17, 15) is 4.79 Å². The summed E-state index contributed by atoms with van der Waals surface area (Å²) in [6, 6.07) is 5.13. The highest BCUT2D eigenvalue weighted by molar-refractivity contribution is 6.36. The van der Waals surface area contributed by atoms with Gasteiger partial charge in [0.1, 0.15) is 0 Å². The van der Waals surface area contributed by atoms with Crippen molar-refractivity contribution in [2.24, 2.45) is 0 Å². The molecule has 0 spiro atoms. The van der Waals surface area contributed by atoms with Gasteiger partial charge in [0.15, 0.2) is 0 Å². The molecule has 0 aliphatic heterocycles. The van der Waals surface area contributed by atoms with Crippen molar-refractivity contribution < 1.29 is 9.90 Å². The number of carboxylic acid groups (broad SMARTS) is 1. The van der Waals surface area contributed by atoms with Crippen molar-refractivity contribution in [3.05, 3.63) is 29.3 Å². The van der Waals surface area contributed by atoms with Crippen LogP contribution < -0.4 is 5.19 Å². The van der Waals surface area contributed by atoms with Crippen LogP contribution in [0.2, 0.25) is 0 Å². The first-order chi connectivity index (χ1) is 5.11. The lowest BCUT2D eigenvalue weighted by molar-refractivity contribution is 0.0698. The van der Waals surface area contributed by atoms with Crippen molar-refractivity contribution >= 4 is 21.4 Å². The van der Waals surface area contributed by atoms with Gasteiger partial charge in [-0.25, -0.2) is 4.79 Å². The molecule has 1 aromatic carbocycles. The predicted octanol–water partition coefficient (Wildman–Crippen LogP) is 0.487. The SMILES string of the molecule is Cc1ccc(C(=O)O)c([Si])c1. The van der Waals surface area contributed by atoms with Crippen molar-refractivity contribution in [3.63, 3.8) is 0 Å². The fourth-order valence-electron chi connectivity index (χ4n) is 0.845. The summed E-state index contributed by atoms with van der Waals surface area (Å²) in [6.07, 6.45) is 0. The summed E-state index contributed by atoms with van der Waals surface area (Å²) in [5.74, 6) is -0.907. The van der Waals surface area contributed by atoms with Gasteiger partial charge >= 0.3 is 5.97 Å². The summed E-state index contributed by atoms with van der Waals surface area (Å²) in [6.45, 7) is 1.91. The summed E-state index contributed by atoms with van der Waals surface area (Å²) >= 11 is 0. The van der Waals surface area contributed by atoms with Gasteiger partial charge in [-0.1, -0.05) is 22.9 Å². The van der Waals surface area contributed by atoms with E-state index in [0.717, 1.165) is 5.56 Å². The summed E-state index contributed by atoms with van der Waals surface area (Å²) in [5.41, 5.74) is 1.34. The number of hydrogen-bond acceptors (Lipinski definition) is 1. The molecule has 0 amide bonds. The Kier molecular flexibility index (Phi) is 2.10. The Morgan fingerprint density at radius 1 is 1.55 bits per heavy atom. The molecule has 0 saturated heterocycles. The molecule has 0 aliphatic rings. The number of hydrogen-bond donors (Lipinski definition) is 1. The third kappa shape index (κ3) is 1.68. The molecule has 1 aromatic rings. The number of rotatable bonds is 1. The minimum atomic E-state index is -0.907. The molecule has 1 rings (SSSR count). The molecule has 0 saturated carbocycles. The molecule has 0 aromatic heterocycles. The zero-order valence-electron chi connectivity index (χ0n) is 6.09. The largest absolute Gasteiger partial charge is 0.478 e. The maximum atomic E-state index is 10.5. The molecule has 55 valence electrons. The predicted molar refractivity (Wildman–Crippen MR) is 43.5 cm³/mol. The van der Waals surface area contributed by atoms with Crippen LogP contribution in [0.3, 0.4) is 0 Å². The Labute approximate surface area is 68.3 Å². The van der Waals surface area contributed by atoms with Crippen LogP contribution in [-0.4, -0.2) is 21.3 Å². The number of benzene rings is 1. The van der Waals surface area contributed by atoms with Crippen LogP contribution in [0.4, 0.5) is 0 Å². The third-order valence-electron chi connectivity index (χ3n) is 1.41. The average molecular weight is 163 g/mol. The molecule has 0 bridgehead atoms. The van der Waals surface area contributed by atoms with E-state index in [1.54, 1.807) is 18.2 Å². The maximum absolute atomic E-state index is 10.5. The highest BCUT2D eigenvalue weighted by Gasteiger charge is 2.04. The zero-order chi connectivity index (χ0) is 8.43. The van der Waals surface area contributed by atoms with Gasteiger partial charge in [0.25, 0.3) is 0 Å². The molecule has 2 nitrogen and oxygen atoms in total. The summed E-state index contributed by atoms with van der Waals surface area (Å²) in [7, 11) is 3.22. The smallest absolute Gasteiger partial charge is 0.335 e. The van der Waals surface area contributed by atoms with Crippen molar-refractivity contribution in [2.75, 3.05) is 0 Å². The Bertz CT molecular complexity index is 294. The molecule has 0 heterocycles. The minimum absolute atomic E-state index is 0.298. The minimum Gasteiger partial charge on any atom is -0.478 e. The fourth-order valence-corrected chi connectivity index (χ4v) is 1.26. The normalized spacial score (nSPS) is 9.64. The zero-order valence-corrected chi connectivity index (χ0v) is 7.09. The lowest BCUT2D eigenvalue weighted by Crippen LogP contribution is -2.15. The van der Waals surface area contributed by atoms with Gasteiger partial charge < -0.3 is 5.11 Å². The van der Waals surface area contributed by atoms with Crippen molar-refractivity contribution in [1.29, 1.82) is 0 Å². The Morgan fingerprint density at radius 2 is 2.18 bits per heavy atom. The monoisotopic (exact) mass is 163 g/mol. The first-order valence-electron chi connectivity index (χ1n) is 3.17. The van der Waals surface area contributed by atoms with Gasteiger partial charge in [-0.3, -0.25) is 0 Å². The molecule has 3 heteroatoms. The van der Waals surface area contributed by atoms with Gasteiger partial charge in [0.2, 0.25) is 0 Å². The van der Waals surface area contributed by atoms with E-state index >= 15 is 0 Å². The van der Waals surface area contributed by atoms with Gasteiger partial charge in [0, 0.05) is 0 Å². The van der Waals surface area contributed by atoms with Crippen molar-refractivity contribution in [3.8, 4) is 0 Å². The molecule has 3 radical (unpaired) electrons. The highest BCUT2D eigenvalue weighted by Crippen LogP contribution is 1.98. The summed E-state index contributed by atoms with van der Waals surface area (Å²) in [4.78, 5) is 10.5. The molecule has 0 atom stereocenters. The Hall–Kier alpha value is -1.09. The van der Waals surface area contributed by atoms with Crippen LogP contribution in [-0.2, 0) is 0 Å². The third-order valence-corrected chi connectivity index (χ3v) is 1.82. The van der Waals surface area contributed by atoms with Crippen molar-refractivity contribution in [2.45, 2.75) is 6.92 Å². The molecular weight excluding hydrogens is 156 g/mol. The Morgan fingerprint density at radius 3 is 2.64 bits per heavy atom. The van der Waals surface area contributed by atoms with Crippen LogP contribution in [0.5, 0.6) is 0 Å². The quantitative estimate of drug-likeness (QED) is 0.612. The highest BCUT2D eigenvalue weighted by atomic mass is 28.1. The lowest BCUT2D eigenvalue weighted by Gasteiger charge is -2.00. The second-order valence-electron chi connectivity index (χ2n) is 2.35.